The largest absolute Gasteiger partial charge is 0.317 e. The van der Waals surface area contributed by atoms with E-state index in [1.54, 1.807) is 0 Å². The highest BCUT2D eigenvalue weighted by atomic mass is 15.4. The maximum atomic E-state index is 5.28. The van der Waals surface area contributed by atoms with E-state index in [-0.39, 0.29) is 33.2 Å². The van der Waals surface area contributed by atoms with E-state index in [1.165, 1.54) is 0 Å². The van der Waals surface area contributed by atoms with Crippen LogP contribution in [0.5, 0.6) is 0 Å². The summed E-state index contributed by atoms with van der Waals surface area (Å²) in [5, 5.41) is 0. The third-order valence-electron chi connectivity index (χ3n) is 15.6. The molecule has 0 saturated heterocycles. The van der Waals surface area contributed by atoms with Gasteiger partial charge in [-0.3, -0.25) is 29.9 Å². The molecule has 0 radical (unpaired) electrons. The van der Waals surface area contributed by atoms with Gasteiger partial charge in [-0.05, 0) is 162 Å². The maximum Gasteiger partial charge on any atom is 0.161 e. The van der Waals surface area contributed by atoms with Crippen LogP contribution in [0, 0.1) is 0 Å². The quantitative estimate of drug-likeness (QED) is 0.141. The summed E-state index contributed by atoms with van der Waals surface area (Å²) >= 11 is 0. The van der Waals surface area contributed by atoms with Crippen molar-refractivity contribution in [2.45, 2.75) is 116 Å². The van der Waals surface area contributed by atoms with Gasteiger partial charge < -0.3 is 14.7 Å². The lowest BCUT2D eigenvalue weighted by Gasteiger charge is -2.41. The van der Waals surface area contributed by atoms with Crippen molar-refractivity contribution in [1.29, 1.82) is 0 Å². The van der Waals surface area contributed by atoms with Crippen molar-refractivity contribution in [3.63, 3.8) is 0 Å². The van der Waals surface area contributed by atoms with E-state index < -0.39 is 0 Å². The number of pyridine rings is 3. The summed E-state index contributed by atoms with van der Waals surface area (Å²) < 4.78 is 0. The topological polar surface area (TPSA) is 111 Å². The van der Waals surface area contributed by atoms with Crippen LogP contribution in [0.2, 0.25) is 0 Å². The maximum absolute atomic E-state index is 5.28. The van der Waals surface area contributed by atoms with Crippen LogP contribution in [0.15, 0.2) is 167 Å². The summed E-state index contributed by atoms with van der Waals surface area (Å²) in [5.74, 6) is 3.02. The molecule has 11 nitrogen and oxygen atoms in total. The minimum atomic E-state index is -0.370. The van der Waals surface area contributed by atoms with Crippen LogP contribution >= 0.6 is 0 Å². The van der Waals surface area contributed by atoms with Crippen molar-refractivity contribution in [1.82, 2.24) is 24.9 Å². The molecule has 3 aliphatic rings. The number of para-hydroxylation sites is 3. The minimum Gasteiger partial charge on any atom is -0.317 e. The number of aromatic nitrogens is 5. The molecule has 0 amide bonds. The molecule has 0 aliphatic carbocycles. The summed E-state index contributed by atoms with van der Waals surface area (Å²) in [5.41, 5.74) is 7.42. The number of benzene rings is 3. The minimum absolute atomic E-state index is 0.305. The Morgan fingerprint density at radius 3 is 0.884 bits per heavy atom. The first kappa shape index (κ1) is 45.4. The first-order valence-corrected chi connectivity index (χ1v) is 23.9. The fourth-order valence-corrected chi connectivity index (χ4v) is 9.44. The first-order valence-electron chi connectivity index (χ1n) is 23.9. The highest BCUT2D eigenvalue weighted by Crippen LogP contribution is 2.45. The molecule has 7 aromatic rings. The van der Waals surface area contributed by atoms with Crippen LogP contribution in [0.3, 0.4) is 0 Å². The van der Waals surface area contributed by atoms with Gasteiger partial charge >= 0.3 is 0 Å². The van der Waals surface area contributed by atoms with E-state index >= 15 is 0 Å². The molecule has 4 aromatic heterocycles. The van der Waals surface area contributed by atoms with E-state index in [9.17, 15) is 0 Å². The summed E-state index contributed by atoms with van der Waals surface area (Å²) in [7, 11) is 0. The lowest BCUT2D eigenvalue weighted by molar-refractivity contribution is 0.338. The molecule has 0 spiro atoms. The Bertz CT molecular complexity index is 2780. The highest BCUT2D eigenvalue weighted by Gasteiger charge is 2.52. The number of amidine groups is 3. The van der Waals surface area contributed by atoms with Gasteiger partial charge in [0.25, 0.3) is 0 Å². The normalized spacial score (nSPS) is 19.3. The van der Waals surface area contributed by atoms with Crippen molar-refractivity contribution in [2.75, 3.05) is 14.7 Å². The third-order valence-corrected chi connectivity index (χ3v) is 15.6. The number of rotatable bonds is 9. The van der Waals surface area contributed by atoms with Crippen LogP contribution in [0.4, 0.5) is 17.1 Å². The first-order chi connectivity index (χ1) is 32.7. The fraction of sp³-hybridized carbons (Fsp3) is 0.310. The average molecular weight is 912 g/mol. The zero-order valence-corrected chi connectivity index (χ0v) is 41.9. The molecule has 10 rings (SSSR count). The Hall–Kier alpha value is -7.40. The number of aliphatic imine (C=N–C) groups is 3. The summed E-state index contributed by atoms with van der Waals surface area (Å²) in [6.45, 7) is 26.5. The third kappa shape index (κ3) is 7.50. The van der Waals surface area contributed by atoms with Crippen LogP contribution in [0.1, 0.15) is 100 Å². The summed E-state index contributed by atoms with van der Waals surface area (Å²) in [6.07, 6.45) is 5.63. The van der Waals surface area contributed by atoms with Crippen LogP contribution in [-0.2, 0) is 0 Å². The second-order valence-electron chi connectivity index (χ2n) is 21.4. The van der Waals surface area contributed by atoms with Gasteiger partial charge in [0.1, 0.15) is 17.1 Å². The van der Waals surface area contributed by atoms with Gasteiger partial charge in [0.05, 0.1) is 44.6 Å². The van der Waals surface area contributed by atoms with Crippen LogP contribution in [0.25, 0.3) is 33.9 Å². The van der Waals surface area contributed by atoms with E-state index in [0.29, 0.717) is 17.2 Å². The zero-order chi connectivity index (χ0) is 48.7. The van der Waals surface area contributed by atoms with E-state index in [0.717, 1.165) is 68.3 Å². The Morgan fingerprint density at radius 2 is 0.609 bits per heavy atom. The molecule has 0 bridgehead atoms. The Morgan fingerprint density at radius 1 is 0.319 bits per heavy atom. The zero-order valence-electron chi connectivity index (χ0n) is 41.9. The van der Waals surface area contributed by atoms with Gasteiger partial charge in [-0.1, -0.05) is 54.6 Å². The second kappa shape index (κ2) is 16.1. The van der Waals surface area contributed by atoms with Crippen LogP contribution < -0.4 is 14.7 Å². The van der Waals surface area contributed by atoms with Crippen molar-refractivity contribution in [3.8, 4) is 33.9 Å². The molecule has 0 saturated carbocycles. The van der Waals surface area contributed by atoms with Crippen molar-refractivity contribution in [2.24, 2.45) is 15.0 Å². The Balaban J connectivity index is 1.05. The lowest BCUT2D eigenvalue weighted by Crippen LogP contribution is -2.53. The number of hydrogen-bond donors (Lipinski definition) is 0. The SMILES string of the molecule is CC1(C)N=C(c2ccc(-c3cc(-c4ccc(C5=NC(C)(C)C(C)(C)N5c5ccccc5)nc4)nc(-c4ccc(C5=NC(C)(C)C(C)(C)N5c5ccccc5)nc4)n3)cn2)N(c2ccccc2)C1(C)C. The molecular formula is C58H61N11. The van der Waals surface area contributed by atoms with Gasteiger partial charge in [0, 0.05) is 52.3 Å². The highest BCUT2D eigenvalue weighted by molar-refractivity contribution is 6.13. The summed E-state index contributed by atoms with van der Waals surface area (Å²) in [6, 6.07) is 45.6. The van der Waals surface area contributed by atoms with Crippen molar-refractivity contribution < 1.29 is 0 Å². The molecule has 0 N–H and O–H groups in total. The average Bonchev–Trinajstić information content (AvgIpc) is 3.76. The smallest absolute Gasteiger partial charge is 0.161 e. The van der Waals surface area contributed by atoms with E-state index in [4.69, 9.17) is 39.9 Å². The van der Waals surface area contributed by atoms with Crippen molar-refractivity contribution >= 4 is 34.6 Å². The number of nitrogens with zero attached hydrogens (tertiary/aromatic N) is 11. The molecule has 7 heterocycles. The molecule has 3 aliphatic heterocycles. The Labute approximate surface area is 406 Å². The predicted octanol–water partition coefficient (Wildman–Crippen LogP) is 12.1. The van der Waals surface area contributed by atoms with Gasteiger partial charge in [-0.25, -0.2) is 9.97 Å². The number of anilines is 3. The van der Waals surface area contributed by atoms with Gasteiger partial charge in [-0.2, -0.15) is 0 Å². The second-order valence-corrected chi connectivity index (χ2v) is 21.4. The fourth-order valence-electron chi connectivity index (χ4n) is 9.44. The van der Waals surface area contributed by atoms with Gasteiger partial charge in [-0.15, -0.1) is 0 Å². The molecule has 3 aromatic carbocycles. The molecule has 0 unspecified atom stereocenters. The lowest BCUT2D eigenvalue weighted by atomic mass is 9.83. The molecule has 348 valence electrons. The van der Waals surface area contributed by atoms with E-state index in [2.05, 4.69) is 183 Å². The molecule has 69 heavy (non-hydrogen) atoms. The molecule has 0 fully saturated rings. The summed E-state index contributed by atoms with van der Waals surface area (Å²) in [4.78, 5) is 48.4. The monoisotopic (exact) mass is 912 g/mol. The van der Waals surface area contributed by atoms with Gasteiger partial charge in [0.2, 0.25) is 0 Å². The molecule has 0 atom stereocenters. The van der Waals surface area contributed by atoms with Crippen LogP contribution in [-0.4, -0.2) is 75.7 Å². The molecular weight excluding hydrogens is 851 g/mol. The Kier molecular flexibility index (Phi) is 10.6. The predicted molar refractivity (Wildman–Crippen MR) is 283 cm³/mol. The van der Waals surface area contributed by atoms with Gasteiger partial charge in [0.15, 0.2) is 23.3 Å². The van der Waals surface area contributed by atoms with Crippen molar-refractivity contribution in [3.05, 3.63) is 169 Å². The van der Waals surface area contributed by atoms with E-state index in [1.807, 2.05) is 67.1 Å². The molecule has 11 heteroatoms. The number of hydrogen-bond acceptors (Lipinski definition) is 11. The standard InChI is InChI=1S/C58H61N11/c1-53(2)56(7,8)67(41-22-16-13-17-23-41)50(64-53)44-31-28-38(35-59-44)47-34-48(39-29-32-45(60-36-39)51-65-54(3,4)57(9,10)68(51)42-24-18-14-19-25-42)63-49(62-47)40-30-33-46(61-37-40)52-66-55(5,6)58(11,12)69(52)43-26-20-15-21-27-43/h13-37H,1-12H3.